The number of hydrogen-bond donors (Lipinski definition) is 0. The van der Waals surface area contributed by atoms with Gasteiger partial charge in [-0.05, 0) is 12.8 Å². The zero-order valence-corrected chi connectivity index (χ0v) is 8.50. The summed E-state index contributed by atoms with van der Waals surface area (Å²) in [6.45, 7) is 6.42. The van der Waals surface area contributed by atoms with Crippen LogP contribution in [0.4, 0.5) is 0 Å². The van der Waals surface area contributed by atoms with E-state index in [1.807, 2.05) is 20.8 Å². The maximum Gasteiger partial charge on any atom is 0.229 e. The van der Waals surface area contributed by atoms with Crippen LogP contribution in [0.3, 0.4) is 0 Å². The molecule has 1 amide bonds. The summed E-state index contributed by atoms with van der Waals surface area (Å²) in [5.74, 6) is 0.0940. The fourth-order valence-corrected chi connectivity index (χ4v) is 1.57. The van der Waals surface area contributed by atoms with E-state index in [9.17, 15) is 4.79 Å². The molecular weight excluding hydrogens is 164 g/mol. The molecule has 0 bridgehead atoms. The van der Waals surface area contributed by atoms with Crippen molar-refractivity contribution in [1.29, 1.82) is 5.26 Å². The van der Waals surface area contributed by atoms with E-state index in [-0.39, 0.29) is 17.4 Å². The van der Waals surface area contributed by atoms with Crippen molar-refractivity contribution in [2.75, 3.05) is 6.54 Å². The van der Waals surface area contributed by atoms with E-state index in [1.165, 1.54) is 0 Å². The molecule has 0 unspecified atom stereocenters. The fourth-order valence-electron chi connectivity index (χ4n) is 1.57. The van der Waals surface area contributed by atoms with Gasteiger partial charge in [0, 0.05) is 12.0 Å². The van der Waals surface area contributed by atoms with Gasteiger partial charge in [-0.1, -0.05) is 20.8 Å². The summed E-state index contributed by atoms with van der Waals surface area (Å²) < 4.78 is 0. The van der Waals surface area contributed by atoms with Gasteiger partial charge in [0.25, 0.3) is 0 Å². The fraction of sp³-hybridized carbons (Fsp3) is 0.800. The second-order valence-corrected chi connectivity index (χ2v) is 4.54. The standard InChI is InChI=1S/C10H16N2O/c1-10(2,3)9(13)12-6-4-5-8(12)7-11/h8H,4-6H2,1-3H3/t8-/m1/s1. The van der Waals surface area contributed by atoms with Crippen molar-refractivity contribution < 1.29 is 4.79 Å². The molecule has 1 fully saturated rings. The minimum atomic E-state index is -0.362. The molecule has 0 N–H and O–H groups in total. The minimum absolute atomic E-state index is 0.0940. The van der Waals surface area contributed by atoms with Gasteiger partial charge in [-0.25, -0.2) is 0 Å². The first-order valence-corrected chi connectivity index (χ1v) is 4.67. The number of nitriles is 1. The van der Waals surface area contributed by atoms with Crippen LogP contribution in [0.1, 0.15) is 33.6 Å². The van der Waals surface area contributed by atoms with Crippen molar-refractivity contribution >= 4 is 5.91 Å². The van der Waals surface area contributed by atoms with Gasteiger partial charge >= 0.3 is 0 Å². The highest BCUT2D eigenvalue weighted by molar-refractivity contribution is 5.82. The van der Waals surface area contributed by atoms with Crippen molar-refractivity contribution in [3.05, 3.63) is 0 Å². The lowest BCUT2D eigenvalue weighted by Gasteiger charge is -2.27. The maximum absolute atomic E-state index is 11.8. The summed E-state index contributed by atoms with van der Waals surface area (Å²) >= 11 is 0. The number of carbonyl (C=O) groups is 1. The molecule has 13 heavy (non-hydrogen) atoms. The summed E-state index contributed by atoms with van der Waals surface area (Å²) in [5, 5.41) is 8.81. The van der Waals surface area contributed by atoms with E-state index in [0.717, 1.165) is 19.4 Å². The Kier molecular flexibility index (Phi) is 2.60. The third kappa shape index (κ3) is 2.00. The van der Waals surface area contributed by atoms with E-state index in [2.05, 4.69) is 6.07 Å². The van der Waals surface area contributed by atoms with Crippen LogP contribution in [0.15, 0.2) is 0 Å². The highest BCUT2D eigenvalue weighted by atomic mass is 16.2. The molecule has 0 aromatic heterocycles. The minimum Gasteiger partial charge on any atom is -0.326 e. The van der Waals surface area contributed by atoms with E-state index in [0.29, 0.717) is 0 Å². The Morgan fingerprint density at radius 3 is 2.62 bits per heavy atom. The third-order valence-electron chi connectivity index (χ3n) is 2.30. The van der Waals surface area contributed by atoms with Gasteiger partial charge in [0.05, 0.1) is 6.07 Å². The summed E-state index contributed by atoms with van der Waals surface area (Å²) in [6.07, 6.45) is 1.79. The zero-order valence-electron chi connectivity index (χ0n) is 8.50. The van der Waals surface area contributed by atoms with Crippen molar-refractivity contribution in [2.24, 2.45) is 5.41 Å². The smallest absolute Gasteiger partial charge is 0.229 e. The van der Waals surface area contributed by atoms with Gasteiger partial charge in [0.15, 0.2) is 0 Å². The van der Waals surface area contributed by atoms with Crippen LogP contribution >= 0.6 is 0 Å². The van der Waals surface area contributed by atoms with Crippen LogP contribution in [0.2, 0.25) is 0 Å². The number of hydrogen-bond acceptors (Lipinski definition) is 2. The van der Waals surface area contributed by atoms with Crippen LogP contribution in [0, 0.1) is 16.7 Å². The van der Waals surface area contributed by atoms with Crippen LogP contribution in [0.25, 0.3) is 0 Å². The molecule has 0 aromatic rings. The Morgan fingerprint density at radius 2 is 2.15 bits per heavy atom. The number of rotatable bonds is 0. The second kappa shape index (κ2) is 3.37. The Labute approximate surface area is 79.3 Å². The Bertz CT molecular complexity index is 247. The van der Waals surface area contributed by atoms with Crippen molar-refractivity contribution in [3.8, 4) is 6.07 Å². The molecule has 0 radical (unpaired) electrons. The summed E-state index contributed by atoms with van der Waals surface area (Å²) in [5.41, 5.74) is -0.362. The molecule has 1 saturated heterocycles. The lowest BCUT2D eigenvalue weighted by molar-refractivity contribution is -0.139. The molecule has 72 valence electrons. The van der Waals surface area contributed by atoms with Gasteiger partial charge in [0.1, 0.15) is 6.04 Å². The molecule has 1 atom stereocenters. The maximum atomic E-state index is 11.8. The normalized spacial score (nSPS) is 22.9. The number of likely N-dealkylation sites (tertiary alicyclic amines) is 1. The highest BCUT2D eigenvalue weighted by Crippen LogP contribution is 2.24. The summed E-state index contributed by atoms with van der Waals surface area (Å²) in [4.78, 5) is 13.5. The zero-order chi connectivity index (χ0) is 10.1. The van der Waals surface area contributed by atoms with Gasteiger partial charge in [0.2, 0.25) is 5.91 Å². The van der Waals surface area contributed by atoms with Crippen LogP contribution < -0.4 is 0 Å². The number of carbonyl (C=O) groups excluding carboxylic acids is 1. The van der Waals surface area contributed by atoms with Crippen molar-refractivity contribution in [3.63, 3.8) is 0 Å². The monoisotopic (exact) mass is 180 g/mol. The summed E-state index contributed by atoms with van der Waals surface area (Å²) in [7, 11) is 0. The quantitative estimate of drug-likeness (QED) is 0.567. The molecule has 0 aliphatic carbocycles. The molecule has 1 rings (SSSR count). The molecule has 3 nitrogen and oxygen atoms in total. The Morgan fingerprint density at radius 1 is 1.54 bits per heavy atom. The number of nitrogens with zero attached hydrogens (tertiary/aromatic N) is 2. The van der Waals surface area contributed by atoms with Crippen LogP contribution in [0.5, 0.6) is 0 Å². The average Bonchev–Trinajstić information content (AvgIpc) is 2.48. The van der Waals surface area contributed by atoms with Crippen LogP contribution in [-0.2, 0) is 4.79 Å². The largest absolute Gasteiger partial charge is 0.326 e. The molecule has 1 aliphatic heterocycles. The average molecular weight is 180 g/mol. The second-order valence-electron chi connectivity index (χ2n) is 4.54. The highest BCUT2D eigenvalue weighted by Gasteiger charge is 2.34. The first-order chi connectivity index (χ1) is 5.96. The predicted molar refractivity (Wildman–Crippen MR) is 49.8 cm³/mol. The van der Waals surface area contributed by atoms with Crippen molar-refractivity contribution in [2.45, 2.75) is 39.7 Å². The predicted octanol–water partition coefficient (Wildman–Crippen LogP) is 1.55. The SMILES string of the molecule is CC(C)(C)C(=O)N1CCC[C@@H]1C#N. The van der Waals surface area contributed by atoms with E-state index >= 15 is 0 Å². The summed E-state index contributed by atoms with van der Waals surface area (Å²) in [6, 6.07) is 1.98. The number of amides is 1. The van der Waals surface area contributed by atoms with Crippen molar-refractivity contribution in [1.82, 2.24) is 4.90 Å². The lowest BCUT2D eigenvalue weighted by Crippen LogP contribution is -2.41. The molecule has 3 heteroatoms. The van der Waals surface area contributed by atoms with Crippen LogP contribution in [-0.4, -0.2) is 23.4 Å². The van der Waals surface area contributed by atoms with Gasteiger partial charge < -0.3 is 4.90 Å². The van der Waals surface area contributed by atoms with E-state index in [4.69, 9.17) is 5.26 Å². The Hall–Kier alpha value is -1.04. The van der Waals surface area contributed by atoms with E-state index in [1.54, 1.807) is 4.90 Å². The van der Waals surface area contributed by atoms with E-state index < -0.39 is 0 Å². The molecule has 1 heterocycles. The Balaban J connectivity index is 2.73. The van der Waals surface area contributed by atoms with Gasteiger partial charge in [-0.15, -0.1) is 0 Å². The van der Waals surface area contributed by atoms with Gasteiger partial charge in [-0.2, -0.15) is 5.26 Å². The molecule has 0 spiro atoms. The molecule has 1 aliphatic rings. The molecule has 0 aromatic carbocycles. The third-order valence-corrected chi connectivity index (χ3v) is 2.30. The first-order valence-electron chi connectivity index (χ1n) is 4.67. The van der Waals surface area contributed by atoms with Gasteiger partial charge in [-0.3, -0.25) is 4.79 Å². The topological polar surface area (TPSA) is 44.1 Å². The first kappa shape index (κ1) is 10.0. The molecule has 0 saturated carbocycles. The lowest BCUT2D eigenvalue weighted by atomic mass is 9.94. The molecular formula is C10H16N2O.